The van der Waals surface area contributed by atoms with Crippen LogP contribution >= 0.6 is 0 Å². The third-order valence-electron chi connectivity index (χ3n) is 3.20. The number of rotatable bonds is 1. The molecule has 16 heavy (non-hydrogen) atoms. The van der Waals surface area contributed by atoms with E-state index in [0.717, 1.165) is 13.1 Å². The maximum atomic E-state index is 12.2. The number of aromatic nitrogens is 1. The van der Waals surface area contributed by atoms with Gasteiger partial charge < -0.3 is 10.2 Å². The molecule has 0 aromatic carbocycles. The molecule has 1 saturated heterocycles. The minimum atomic E-state index is 0.0777. The summed E-state index contributed by atoms with van der Waals surface area (Å²) in [5, 5.41) is 3.36. The molecule has 1 aromatic heterocycles. The van der Waals surface area contributed by atoms with E-state index in [2.05, 4.69) is 24.1 Å². The molecule has 2 unspecified atom stereocenters. The number of nitrogens with zero attached hydrogens (tertiary/aromatic N) is 2. The molecule has 0 bridgehead atoms. The van der Waals surface area contributed by atoms with Gasteiger partial charge in [-0.15, -0.1) is 0 Å². The summed E-state index contributed by atoms with van der Waals surface area (Å²) in [4.78, 5) is 18.1. The second-order valence-corrected chi connectivity index (χ2v) is 4.22. The zero-order valence-corrected chi connectivity index (χ0v) is 9.68. The van der Waals surface area contributed by atoms with Gasteiger partial charge in [0.2, 0.25) is 0 Å². The Bertz CT molecular complexity index is 366. The quantitative estimate of drug-likeness (QED) is 0.763. The number of carbonyl (C=O) groups is 1. The van der Waals surface area contributed by atoms with E-state index in [1.165, 1.54) is 0 Å². The van der Waals surface area contributed by atoms with Gasteiger partial charge in [0.1, 0.15) is 0 Å². The second-order valence-electron chi connectivity index (χ2n) is 4.22. The van der Waals surface area contributed by atoms with Gasteiger partial charge in [0.15, 0.2) is 0 Å². The summed E-state index contributed by atoms with van der Waals surface area (Å²) in [6, 6.07) is 4.17. The predicted molar refractivity (Wildman–Crippen MR) is 62.2 cm³/mol. The Kier molecular flexibility index (Phi) is 3.19. The number of carbonyl (C=O) groups excluding carboxylic acids is 1. The lowest BCUT2D eigenvalue weighted by Gasteiger charge is -2.38. The molecule has 1 fully saturated rings. The van der Waals surface area contributed by atoms with E-state index >= 15 is 0 Å². The molecular weight excluding hydrogens is 202 g/mol. The van der Waals surface area contributed by atoms with Crippen LogP contribution in [0.2, 0.25) is 0 Å². The normalized spacial score (nSPS) is 25.5. The van der Waals surface area contributed by atoms with Crippen LogP contribution in [0, 0.1) is 0 Å². The molecule has 1 amide bonds. The van der Waals surface area contributed by atoms with Crippen molar-refractivity contribution in [2.24, 2.45) is 0 Å². The molecule has 1 N–H and O–H groups in total. The van der Waals surface area contributed by atoms with E-state index in [4.69, 9.17) is 0 Å². The van der Waals surface area contributed by atoms with Crippen LogP contribution in [0.3, 0.4) is 0 Å². The van der Waals surface area contributed by atoms with Crippen molar-refractivity contribution in [3.8, 4) is 0 Å². The second kappa shape index (κ2) is 4.61. The monoisotopic (exact) mass is 219 g/mol. The maximum Gasteiger partial charge on any atom is 0.255 e. The van der Waals surface area contributed by atoms with Gasteiger partial charge in [0, 0.05) is 37.6 Å². The van der Waals surface area contributed by atoms with E-state index in [1.54, 1.807) is 18.5 Å². The number of piperazine rings is 1. The van der Waals surface area contributed by atoms with Crippen LogP contribution in [0.1, 0.15) is 24.2 Å². The number of hydrogen-bond donors (Lipinski definition) is 1. The van der Waals surface area contributed by atoms with Crippen LogP contribution in [-0.4, -0.2) is 41.0 Å². The molecule has 4 heteroatoms. The van der Waals surface area contributed by atoms with Crippen molar-refractivity contribution in [1.82, 2.24) is 15.2 Å². The van der Waals surface area contributed by atoms with Gasteiger partial charge in [-0.25, -0.2) is 0 Å². The number of nitrogens with one attached hydrogen (secondary N) is 1. The Balaban J connectivity index is 2.15. The van der Waals surface area contributed by atoms with E-state index in [9.17, 15) is 4.79 Å². The van der Waals surface area contributed by atoms with Crippen molar-refractivity contribution in [3.05, 3.63) is 30.1 Å². The van der Waals surface area contributed by atoms with Crippen molar-refractivity contribution in [2.75, 3.05) is 13.1 Å². The van der Waals surface area contributed by atoms with E-state index in [1.807, 2.05) is 11.0 Å². The van der Waals surface area contributed by atoms with Crippen LogP contribution in [0.4, 0.5) is 0 Å². The average Bonchev–Trinajstić information content (AvgIpc) is 2.33. The lowest BCUT2D eigenvalue weighted by molar-refractivity contribution is 0.0602. The summed E-state index contributed by atoms with van der Waals surface area (Å²) in [7, 11) is 0. The fraction of sp³-hybridized carbons (Fsp3) is 0.500. The highest BCUT2D eigenvalue weighted by atomic mass is 16.2. The first-order valence-electron chi connectivity index (χ1n) is 5.64. The SMILES string of the molecule is CC1NCCN(C(=O)c2cccnc2)C1C. The summed E-state index contributed by atoms with van der Waals surface area (Å²) in [5.74, 6) is 0.0777. The van der Waals surface area contributed by atoms with Gasteiger partial charge in [-0.05, 0) is 26.0 Å². The maximum absolute atomic E-state index is 12.2. The number of amides is 1. The summed E-state index contributed by atoms with van der Waals surface area (Å²) >= 11 is 0. The Morgan fingerprint density at radius 1 is 1.56 bits per heavy atom. The minimum absolute atomic E-state index is 0.0777. The van der Waals surface area contributed by atoms with Crippen LogP contribution in [-0.2, 0) is 0 Å². The molecule has 0 spiro atoms. The van der Waals surface area contributed by atoms with Crippen LogP contribution in [0.5, 0.6) is 0 Å². The van der Waals surface area contributed by atoms with Crippen LogP contribution in [0.25, 0.3) is 0 Å². The number of hydrogen-bond acceptors (Lipinski definition) is 3. The molecule has 1 aliphatic heterocycles. The van der Waals surface area contributed by atoms with E-state index in [0.29, 0.717) is 11.6 Å². The van der Waals surface area contributed by atoms with Gasteiger partial charge >= 0.3 is 0 Å². The highest BCUT2D eigenvalue weighted by Crippen LogP contribution is 2.12. The molecule has 0 aliphatic carbocycles. The lowest BCUT2D eigenvalue weighted by atomic mass is 10.1. The summed E-state index contributed by atoms with van der Waals surface area (Å²) < 4.78 is 0. The fourth-order valence-electron chi connectivity index (χ4n) is 2.00. The largest absolute Gasteiger partial charge is 0.333 e. The Labute approximate surface area is 95.7 Å². The number of pyridine rings is 1. The molecule has 4 nitrogen and oxygen atoms in total. The van der Waals surface area contributed by atoms with Crippen molar-refractivity contribution in [3.63, 3.8) is 0 Å². The van der Waals surface area contributed by atoms with Crippen molar-refractivity contribution >= 4 is 5.91 Å². The van der Waals surface area contributed by atoms with Gasteiger partial charge in [-0.3, -0.25) is 9.78 Å². The Morgan fingerprint density at radius 3 is 3.06 bits per heavy atom. The topological polar surface area (TPSA) is 45.2 Å². The molecule has 2 rings (SSSR count). The molecule has 2 heterocycles. The first kappa shape index (κ1) is 11.1. The Hall–Kier alpha value is -1.42. The van der Waals surface area contributed by atoms with Crippen LogP contribution in [0.15, 0.2) is 24.5 Å². The van der Waals surface area contributed by atoms with Crippen LogP contribution < -0.4 is 5.32 Å². The predicted octanol–water partition coefficient (Wildman–Crippen LogP) is 0.904. The van der Waals surface area contributed by atoms with E-state index in [-0.39, 0.29) is 11.9 Å². The smallest absolute Gasteiger partial charge is 0.255 e. The molecular formula is C12H17N3O. The van der Waals surface area contributed by atoms with Gasteiger partial charge in [-0.2, -0.15) is 0 Å². The first-order chi connectivity index (χ1) is 7.70. The summed E-state index contributed by atoms with van der Waals surface area (Å²) in [6.07, 6.45) is 3.31. The molecule has 1 aromatic rings. The first-order valence-corrected chi connectivity index (χ1v) is 5.64. The molecule has 0 saturated carbocycles. The fourth-order valence-corrected chi connectivity index (χ4v) is 2.00. The highest BCUT2D eigenvalue weighted by Gasteiger charge is 2.28. The third-order valence-corrected chi connectivity index (χ3v) is 3.20. The van der Waals surface area contributed by atoms with Gasteiger partial charge in [0.05, 0.1) is 5.56 Å². The average molecular weight is 219 g/mol. The highest BCUT2D eigenvalue weighted by molar-refractivity contribution is 5.94. The Morgan fingerprint density at radius 2 is 2.38 bits per heavy atom. The minimum Gasteiger partial charge on any atom is -0.333 e. The van der Waals surface area contributed by atoms with E-state index < -0.39 is 0 Å². The van der Waals surface area contributed by atoms with Crippen molar-refractivity contribution in [1.29, 1.82) is 0 Å². The van der Waals surface area contributed by atoms with Crippen molar-refractivity contribution < 1.29 is 4.79 Å². The van der Waals surface area contributed by atoms with Gasteiger partial charge in [-0.1, -0.05) is 0 Å². The van der Waals surface area contributed by atoms with Gasteiger partial charge in [0.25, 0.3) is 5.91 Å². The molecule has 86 valence electrons. The molecule has 1 aliphatic rings. The van der Waals surface area contributed by atoms with Crippen molar-refractivity contribution in [2.45, 2.75) is 25.9 Å². The molecule has 0 radical (unpaired) electrons. The lowest BCUT2D eigenvalue weighted by Crippen LogP contribution is -2.57. The summed E-state index contributed by atoms with van der Waals surface area (Å²) in [6.45, 7) is 5.80. The third kappa shape index (κ3) is 2.07. The summed E-state index contributed by atoms with van der Waals surface area (Å²) in [5.41, 5.74) is 0.670. The zero-order chi connectivity index (χ0) is 11.5. The molecule has 2 atom stereocenters. The standard InChI is InChI=1S/C12H17N3O/c1-9-10(2)15(7-6-14-9)12(16)11-4-3-5-13-8-11/h3-5,8-10,14H,6-7H2,1-2H3. The zero-order valence-electron chi connectivity index (χ0n) is 9.68.